The first-order valence-electron chi connectivity index (χ1n) is 9.59. The predicted molar refractivity (Wildman–Crippen MR) is 105 cm³/mol. The summed E-state index contributed by atoms with van der Waals surface area (Å²) in [5.74, 6) is -0.911. The van der Waals surface area contributed by atoms with E-state index in [1.165, 1.54) is 10.8 Å². The van der Waals surface area contributed by atoms with Gasteiger partial charge in [-0.15, -0.1) is 0 Å². The lowest BCUT2D eigenvalue weighted by molar-refractivity contribution is 0.0694. The first-order valence-corrected chi connectivity index (χ1v) is 9.96. The third-order valence-electron chi connectivity index (χ3n) is 6.55. The first-order chi connectivity index (χ1) is 13.3. The zero-order valence-electron chi connectivity index (χ0n) is 15.2. The highest BCUT2D eigenvalue weighted by molar-refractivity contribution is 6.38. The molecule has 0 radical (unpaired) electrons. The fourth-order valence-electron chi connectivity index (χ4n) is 4.50. The first kappa shape index (κ1) is 17.9. The zero-order chi connectivity index (χ0) is 19.8. The van der Waals surface area contributed by atoms with E-state index in [0.717, 1.165) is 38.0 Å². The van der Waals surface area contributed by atoms with E-state index in [1.54, 1.807) is 12.1 Å². The molecule has 1 aromatic carbocycles. The van der Waals surface area contributed by atoms with Crippen molar-refractivity contribution in [1.29, 1.82) is 0 Å². The number of rotatable bonds is 4. The Kier molecular flexibility index (Phi) is 3.81. The van der Waals surface area contributed by atoms with E-state index in [2.05, 4.69) is 4.90 Å². The molecule has 1 aromatic heterocycles. The van der Waals surface area contributed by atoms with Crippen LogP contribution in [0.1, 0.15) is 42.1 Å². The van der Waals surface area contributed by atoms with Crippen molar-refractivity contribution in [2.45, 2.75) is 43.4 Å². The number of hydrogen-bond donors (Lipinski definition) is 2. The lowest BCUT2D eigenvalue weighted by Gasteiger charge is -2.24. The molecular weight excluding hydrogens is 385 g/mol. The molecule has 8 heteroatoms. The third kappa shape index (κ3) is 2.63. The second-order valence-electron chi connectivity index (χ2n) is 8.36. The molecule has 0 unspecified atom stereocenters. The molecule has 1 aliphatic heterocycles. The number of carboxylic acids is 1. The standard InChI is InChI=1S/C20H21ClFN3O3/c21-16-14(24-6-3-10(8-24)20(23)4-5-20)2-1-11-17(16)25(15-7-13(15)22)9-12(18(11)26)19(27)28/h1-2,9-10,13,15H,3-8,23H2,(H,27,28)/t10-,13-,15-/m1/s1. The monoisotopic (exact) mass is 405 g/mol. The van der Waals surface area contributed by atoms with Crippen molar-refractivity contribution in [2.24, 2.45) is 11.7 Å². The van der Waals surface area contributed by atoms with Gasteiger partial charge in [0.25, 0.3) is 0 Å². The Morgan fingerprint density at radius 1 is 1.36 bits per heavy atom. The van der Waals surface area contributed by atoms with Gasteiger partial charge in [-0.1, -0.05) is 11.6 Å². The number of pyridine rings is 1. The highest BCUT2D eigenvalue weighted by atomic mass is 35.5. The second kappa shape index (κ2) is 5.94. The molecule has 2 heterocycles. The Hall–Kier alpha value is -2.12. The molecule has 3 N–H and O–H groups in total. The highest BCUT2D eigenvalue weighted by Gasteiger charge is 2.48. The quantitative estimate of drug-likeness (QED) is 0.816. The van der Waals surface area contributed by atoms with Crippen molar-refractivity contribution in [3.05, 3.63) is 39.1 Å². The molecular formula is C20H21ClFN3O3. The number of aromatic carboxylic acids is 1. The zero-order valence-corrected chi connectivity index (χ0v) is 16.0. The van der Waals surface area contributed by atoms with Crippen LogP contribution in [-0.4, -0.2) is 40.4 Å². The maximum atomic E-state index is 13.8. The lowest BCUT2D eigenvalue weighted by Crippen LogP contribution is -2.34. The minimum Gasteiger partial charge on any atom is -0.477 e. The molecule has 2 aliphatic carbocycles. The SMILES string of the molecule is NC1([C@@H]2CCN(c3ccc4c(=O)c(C(=O)O)cn([C@@H]5C[C@H]5F)c4c3Cl)C2)CC1. The summed E-state index contributed by atoms with van der Waals surface area (Å²) in [6.45, 7) is 1.62. The van der Waals surface area contributed by atoms with Gasteiger partial charge in [-0.25, -0.2) is 9.18 Å². The Bertz CT molecular complexity index is 1060. The largest absolute Gasteiger partial charge is 0.477 e. The summed E-state index contributed by atoms with van der Waals surface area (Å²) in [6, 6.07) is 2.89. The van der Waals surface area contributed by atoms with Gasteiger partial charge >= 0.3 is 5.97 Å². The minimum absolute atomic E-state index is 0.0635. The molecule has 0 amide bonds. The number of anilines is 1. The number of alkyl halides is 1. The number of carboxylic acid groups (broad SMARTS) is 1. The molecule has 1 saturated heterocycles. The van der Waals surface area contributed by atoms with Crippen LogP contribution in [0.15, 0.2) is 23.1 Å². The number of carbonyl (C=O) groups is 1. The Labute approximate surface area is 165 Å². The van der Waals surface area contributed by atoms with Crippen molar-refractivity contribution in [3.63, 3.8) is 0 Å². The Morgan fingerprint density at radius 2 is 2.07 bits per heavy atom. The number of benzene rings is 1. The maximum Gasteiger partial charge on any atom is 0.341 e. The van der Waals surface area contributed by atoms with Gasteiger partial charge in [-0.05, 0) is 37.3 Å². The molecule has 2 saturated carbocycles. The fraction of sp³-hybridized carbons (Fsp3) is 0.500. The Morgan fingerprint density at radius 3 is 2.68 bits per heavy atom. The van der Waals surface area contributed by atoms with Crippen LogP contribution in [0.4, 0.5) is 10.1 Å². The molecule has 148 valence electrons. The summed E-state index contributed by atoms with van der Waals surface area (Å²) in [7, 11) is 0. The maximum absolute atomic E-state index is 13.8. The molecule has 0 spiro atoms. The summed E-state index contributed by atoms with van der Waals surface area (Å²) in [5, 5.41) is 9.94. The molecule has 3 fully saturated rings. The highest BCUT2D eigenvalue weighted by Crippen LogP contribution is 2.47. The van der Waals surface area contributed by atoms with E-state index < -0.39 is 23.6 Å². The van der Waals surface area contributed by atoms with Crippen LogP contribution in [0.3, 0.4) is 0 Å². The summed E-state index contributed by atoms with van der Waals surface area (Å²) in [4.78, 5) is 26.3. The van der Waals surface area contributed by atoms with Gasteiger partial charge in [0.05, 0.1) is 22.3 Å². The Balaban J connectivity index is 1.63. The summed E-state index contributed by atoms with van der Waals surface area (Å²) in [5.41, 5.74) is 6.54. The van der Waals surface area contributed by atoms with Gasteiger partial charge in [-0.3, -0.25) is 4.79 Å². The average molecular weight is 406 g/mol. The predicted octanol–water partition coefficient (Wildman–Crippen LogP) is 2.95. The van der Waals surface area contributed by atoms with Gasteiger partial charge < -0.3 is 20.3 Å². The van der Waals surface area contributed by atoms with Gasteiger partial charge in [0.1, 0.15) is 11.7 Å². The topological polar surface area (TPSA) is 88.6 Å². The van der Waals surface area contributed by atoms with Gasteiger partial charge in [-0.2, -0.15) is 0 Å². The number of halogens is 2. The third-order valence-corrected chi connectivity index (χ3v) is 6.92. The van der Waals surface area contributed by atoms with E-state index in [1.807, 2.05) is 0 Å². The van der Waals surface area contributed by atoms with Crippen molar-refractivity contribution in [3.8, 4) is 0 Å². The number of aromatic nitrogens is 1. The van der Waals surface area contributed by atoms with Gasteiger partial charge in [0, 0.05) is 36.6 Å². The number of hydrogen-bond acceptors (Lipinski definition) is 4. The van der Waals surface area contributed by atoms with Crippen molar-refractivity contribution < 1.29 is 14.3 Å². The second-order valence-corrected chi connectivity index (χ2v) is 8.74. The van der Waals surface area contributed by atoms with E-state index in [4.69, 9.17) is 17.3 Å². The van der Waals surface area contributed by atoms with Gasteiger partial charge in [0.2, 0.25) is 5.43 Å². The van der Waals surface area contributed by atoms with Crippen LogP contribution in [0.5, 0.6) is 0 Å². The van der Waals surface area contributed by atoms with E-state index >= 15 is 0 Å². The van der Waals surface area contributed by atoms with E-state index in [0.29, 0.717) is 22.9 Å². The number of nitrogens with two attached hydrogens (primary N) is 1. The van der Waals surface area contributed by atoms with E-state index in [9.17, 15) is 19.1 Å². The van der Waals surface area contributed by atoms with Crippen LogP contribution in [0, 0.1) is 5.92 Å². The van der Waals surface area contributed by atoms with Crippen molar-refractivity contribution >= 4 is 34.2 Å². The average Bonchev–Trinajstić information content (AvgIpc) is 3.52. The van der Waals surface area contributed by atoms with Crippen LogP contribution in [0.25, 0.3) is 10.9 Å². The number of fused-ring (bicyclic) bond motifs is 1. The fourth-order valence-corrected chi connectivity index (χ4v) is 4.88. The molecule has 2 aromatic rings. The summed E-state index contributed by atoms with van der Waals surface area (Å²) in [6.07, 6.45) is 3.56. The van der Waals surface area contributed by atoms with Crippen molar-refractivity contribution in [2.75, 3.05) is 18.0 Å². The smallest absolute Gasteiger partial charge is 0.341 e. The molecule has 3 aliphatic rings. The molecule has 6 nitrogen and oxygen atoms in total. The normalized spacial score (nSPS) is 28.0. The minimum atomic E-state index is -1.32. The van der Waals surface area contributed by atoms with Crippen LogP contribution >= 0.6 is 11.6 Å². The van der Waals surface area contributed by atoms with Crippen LogP contribution in [-0.2, 0) is 0 Å². The molecule has 3 atom stereocenters. The molecule has 5 rings (SSSR count). The van der Waals surface area contributed by atoms with Crippen LogP contribution < -0.4 is 16.1 Å². The summed E-state index contributed by atoms with van der Waals surface area (Å²) < 4.78 is 15.4. The molecule has 28 heavy (non-hydrogen) atoms. The van der Waals surface area contributed by atoms with Gasteiger partial charge in [0.15, 0.2) is 0 Å². The lowest BCUT2D eigenvalue weighted by atomic mass is 9.97. The van der Waals surface area contributed by atoms with Crippen molar-refractivity contribution in [1.82, 2.24) is 4.57 Å². The van der Waals surface area contributed by atoms with Crippen LogP contribution in [0.2, 0.25) is 5.02 Å². The molecule has 0 bridgehead atoms. The number of nitrogens with zero attached hydrogens (tertiary/aromatic N) is 2. The van der Waals surface area contributed by atoms with E-state index in [-0.39, 0.29) is 16.5 Å². The summed E-state index contributed by atoms with van der Waals surface area (Å²) >= 11 is 6.73.